The molecule has 0 aromatic carbocycles. The highest BCUT2D eigenvalue weighted by atomic mass is 32.1. The van der Waals surface area contributed by atoms with Gasteiger partial charge in [0.15, 0.2) is 0 Å². The van der Waals surface area contributed by atoms with Gasteiger partial charge in [-0.1, -0.05) is 24.6 Å². The zero-order valence-electron chi connectivity index (χ0n) is 7.33. The standard InChI is InChI=1S/C10H10O2S/c1-12-10(11)8-6-4-2-3-5-7-9-13/h6,8,13H,2,4H2,1H3/b8-6+. The first-order valence-electron chi connectivity index (χ1n) is 3.67. The van der Waals surface area contributed by atoms with E-state index < -0.39 is 0 Å². The van der Waals surface area contributed by atoms with E-state index in [2.05, 4.69) is 40.4 Å². The number of esters is 1. The van der Waals surface area contributed by atoms with Crippen LogP contribution in [0.5, 0.6) is 0 Å². The lowest BCUT2D eigenvalue weighted by Crippen LogP contribution is -1.93. The van der Waals surface area contributed by atoms with Crippen LogP contribution in [0.2, 0.25) is 0 Å². The minimum atomic E-state index is -0.344. The number of methoxy groups -OCH3 is 1. The van der Waals surface area contributed by atoms with E-state index in [1.54, 1.807) is 6.08 Å². The summed E-state index contributed by atoms with van der Waals surface area (Å²) >= 11 is 3.66. The summed E-state index contributed by atoms with van der Waals surface area (Å²) in [6.45, 7) is 0. The third-order valence-electron chi connectivity index (χ3n) is 1.10. The zero-order chi connectivity index (χ0) is 9.94. The van der Waals surface area contributed by atoms with Crippen LogP contribution in [0.3, 0.4) is 0 Å². The molecule has 0 aliphatic heterocycles. The molecular weight excluding hydrogens is 184 g/mol. The van der Waals surface area contributed by atoms with Crippen molar-refractivity contribution in [3.05, 3.63) is 12.2 Å². The molecule has 0 saturated heterocycles. The Morgan fingerprint density at radius 1 is 1.54 bits per heavy atom. The smallest absolute Gasteiger partial charge is 0.330 e. The maximum Gasteiger partial charge on any atom is 0.330 e. The van der Waals surface area contributed by atoms with Crippen molar-refractivity contribution in [1.82, 2.24) is 0 Å². The van der Waals surface area contributed by atoms with Gasteiger partial charge in [0.05, 0.1) is 7.11 Å². The molecule has 0 N–H and O–H groups in total. The summed E-state index contributed by atoms with van der Waals surface area (Å²) in [5.74, 6) is 7.55. The molecule has 0 spiro atoms. The van der Waals surface area contributed by atoms with Crippen molar-refractivity contribution in [2.45, 2.75) is 12.8 Å². The van der Waals surface area contributed by atoms with Gasteiger partial charge in [-0.2, -0.15) is 0 Å². The molecule has 13 heavy (non-hydrogen) atoms. The lowest BCUT2D eigenvalue weighted by atomic mass is 10.3. The molecule has 0 aliphatic rings. The lowest BCUT2D eigenvalue weighted by Gasteiger charge is -1.87. The molecule has 0 amide bonds. The Morgan fingerprint density at radius 3 is 2.92 bits per heavy atom. The number of carbonyl (C=O) groups is 1. The highest BCUT2D eigenvalue weighted by Crippen LogP contribution is 1.89. The molecular formula is C10H10O2S. The monoisotopic (exact) mass is 194 g/mol. The second-order valence-electron chi connectivity index (χ2n) is 2.00. The van der Waals surface area contributed by atoms with E-state index in [0.717, 1.165) is 6.42 Å². The summed E-state index contributed by atoms with van der Waals surface area (Å²) in [7, 11) is 1.34. The van der Waals surface area contributed by atoms with Crippen molar-refractivity contribution >= 4 is 18.6 Å². The summed E-state index contributed by atoms with van der Waals surface area (Å²) in [5, 5.41) is 2.36. The van der Waals surface area contributed by atoms with Gasteiger partial charge in [-0.3, -0.25) is 0 Å². The van der Waals surface area contributed by atoms with Crippen LogP contribution >= 0.6 is 12.6 Å². The van der Waals surface area contributed by atoms with E-state index in [1.807, 2.05) is 0 Å². The Balaban J connectivity index is 3.56. The minimum absolute atomic E-state index is 0.344. The maximum atomic E-state index is 10.6. The first-order chi connectivity index (χ1) is 6.31. The van der Waals surface area contributed by atoms with Gasteiger partial charge in [-0.15, -0.1) is 0 Å². The molecule has 0 saturated carbocycles. The molecule has 68 valence electrons. The van der Waals surface area contributed by atoms with Gasteiger partial charge in [0.1, 0.15) is 0 Å². The second-order valence-corrected chi connectivity index (χ2v) is 2.23. The quantitative estimate of drug-likeness (QED) is 0.241. The summed E-state index contributed by atoms with van der Waals surface area (Å²) in [6.07, 6.45) is 4.49. The highest BCUT2D eigenvalue weighted by Gasteiger charge is 1.87. The third-order valence-corrected chi connectivity index (χ3v) is 1.21. The van der Waals surface area contributed by atoms with Crippen LogP contribution in [0.15, 0.2) is 12.2 Å². The topological polar surface area (TPSA) is 26.3 Å². The Labute approximate surface area is 83.8 Å². The average Bonchev–Trinajstić information content (AvgIpc) is 2.16. The number of hydrogen-bond donors (Lipinski definition) is 1. The van der Waals surface area contributed by atoms with Gasteiger partial charge >= 0.3 is 5.97 Å². The molecule has 0 unspecified atom stereocenters. The summed E-state index contributed by atoms with van der Waals surface area (Å²) < 4.78 is 4.40. The predicted octanol–water partition coefficient (Wildman–Crippen LogP) is 1.39. The van der Waals surface area contributed by atoms with E-state index in [-0.39, 0.29) is 5.97 Å². The first-order valence-corrected chi connectivity index (χ1v) is 4.12. The number of ether oxygens (including phenoxy) is 1. The van der Waals surface area contributed by atoms with Crippen LogP contribution in [0.1, 0.15) is 12.8 Å². The van der Waals surface area contributed by atoms with Crippen LogP contribution in [0.25, 0.3) is 0 Å². The molecule has 2 nitrogen and oxygen atoms in total. The Kier molecular flexibility index (Phi) is 7.88. The second kappa shape index (κ2) is 8.77. The molecule has 3 heteroatoms. The van der Waals surface area contributed by atoms with Crippen molar-refractivity contribution in [3.63, 3.8) is 0 Å². The van der Waals surface area contributed by atoms with Gasteiger partial charge in [-0.25, -0.2) is 4.79 Å². The first kappa shape index (κ1) is 11.7. The SMILES string of the molecule is COC(=O)/C=C/CCC#CC#CS. The Morgan fingerprint density at radius 2 is 2.31 bits per heavy atom. The van der Waals surface area contributed by atoms with Crippen molar-refractivity contribution in [2.24, 2.45) is 0 Å². The van der Waals surface area contributed by atoms with E-state index in [9.17, 15) is 4.79 Å². The van der Waals surface area contributed by atoms with Crippen molar-refractivity contribution in [2.75, 3.05) is 7.11 Å². The van der Waals surface area contributed by atoms with E-state index >= 15 is 0 Å². The normalized spacial score (nSPS) is 8.15. The molecule has 0 atom stereocenters. The molecule has 0 bridgehead atoms. The zero-order valence-corrected chi connectivity index (χ0v) is 8.23. The van der Waals surface area contributed by atoms with E-state index in [4.69, 9.17) is 0 Å². The molecule has 0 rings (SSSR count). The van der Waals surface area contributed by atoms with Crippen LogP contribution in [-0.2, 0) is 9.53 Å². The predicted molar refractivity (Wildman–Crippen MR) is 54.9 cm³/mol. The Bertz CT molecular complexity index is 296. The van der Waals surface area contributed by atoms with Gasteiger partial charge < -0.3 is 4.74 Å². The molecule has 0 aromatic rings. The van der Waals surface area contributed by atoms with Gasteiger partial charge in [-0.05, 0) is 23.5 Å². The molecule has 0 radical (unpaired) electrons. The van der Waals surface area contributed by atoms with Crippen LogP contribution in [0, 0.1) is 23.0 Å². The van der Waals surface area contributed by atoms with Crippen molar-refractivity contribution < 1.29 is 9.53 Å². The number of allylic oxidation sites excluding steroid dienone is 1. The van der Waals surface area contributed by atoms with Crippen molar-refractivity contribution in [3.8, 4) is 23.0 Å². The average molecular weight is 194 g/mol. The summed E-state index contributed by atoms with van der Waals surface area (Å²) in [5.41, 5.74) is 0. The van der Waals surface area contributed by atoms with E-state index in [1.165, 1.54) is 13.2 Å². The van der Waals surface area contributed by atoms with Crippen LogP contribution in [-0.4, -0.2) is 13.1 Å². The fourth-order valence-corrected chi connectivity index (χ4v) is 0.594. The number of hydrogen-bond acceptors (Lipinski definition) is 3. The molecule has 0 heterocycles. The van der Waals surface area contributed by atoms with Crippen LogP contribution < -0.4 is 0 Å². The fraction of sp³-hybridized carbons (Fsp3) is 0.300. The molecule has 0 aromatic heterocycles. The third kappa shape index (κ3) is 8.59. The highest BCUT2D eigenvalue weighted by molar-refractivity contribution is 7.85. The Hall–Kier alpha value is -1.32. The maximum absolute atomic E-state index is 10.6. The largest absolute Gasteiger partial charge is 0.466 e. The fourth-order valence-electron chi connectivity index (χ4n) is 0.538. The van der Waals surface area contributed by atoms with Gasteiger partial charge in [0.2, 0.25) is 0 Å². The lowest BCUT2D eigenvalue weighted by molar-refractivity contribution is -0.134. The van der Waals surface area contributed by atoms with Gasteiger partial charge in [0, 0.05) is 12.5 Å². The molecule has 0 fully saturated rings. The van der Waals surface area contributed by atoms with E-state index in [0.29, 0.717) is 6.42 Å². The number of carbonyl (C=O) groups excluding carboxylic acids is 1. The number of unbranched alkanes of at least 4 members (excludes halogenated alkanes) is 1. The van der Waals surface area contributed by atoms with Crippen molar-refractivity contribution in [1.29, 1.82) is 0 Å². The van der Waals surface area contributed by atoms with Gasteiger partial charge in [0.25, 0.3) is 0 Å². The number of thiol groups is 1. The minimum Gasteiger partial charge on any atom is -0.466 e. The van der Waals surface area contributed by atoms with Crippen LogP contribution in [0.4, 0.5) is 0 Å². The number of rotatable bonds is 3. The molecule has 0 aliphatic carbocycles. The summed E-state index contributed by atoms with van der Waals surface area (Å²) in [6, 6.07) is 0. The summed E-state index contributed by atoms with van der Waals surface area (Å²) in [4.78, 5) is 10.6.